The summed E-state index contributed by atoms with van der Waals surface area (Å²) in [7, 11) is 0. The number of Topliss-reactive ketones (excluding diaryl/α,β-unsaturated/α-hetero) is 1. The van der Waals surface area contributed by atoms with Gasteiger partial charge in [-0.25, -0.2) is 4.79 Å². The number of ketones is 1. The Balaban J connectivity index is 1.46. The fourth-order valence-electron chi connectivity index (χ4n) is 3.70. The van der Waals surface area contributed by atoms with Crippen molar-refractivity contribution in [1.29, 1.82) is 0 Å². The number of hydrogen-bond acceptors (Lipinski definition) is 5. The third-order valence-corrected chi connectivity index (χ3v) is 5.43. The van der Waals surface area contributed by atoms with Gasteiger partial charge >= 0.3 is 6.09 Å². The molecule has 0 bridgehead atoms. The van der Waals surface area contributed by atoms with E-state index in [0.29, 0.717) is 36.5 Å². The molecule has 7 heteroatoms. The summed E-state index contributed by atoms with van der Waals surface area (Å²) in [4.78, 5) is 38.5. The van der Waals surface area contributed by atoms with Gasteiger partial charge in [-0.05, 0) is 63.8 Å². The first-order chi connectivity index (χ1) is 16.2. The number of carbonyl (C=O) groups is 3. The van der Waals surface area contributed by atoms with Crippen molar-refractivity contribution in [2.24, 2.45) is 0 Å². The molecule has 2 aromatic carbocycles. The molecular formula is C27H34N2O5. The lowest BCUT2D eigenvalue weighted by Gasteiger charge is -2.27. The molecule has 7 nitrogen and oxygen atoms in total. The molecule has 0 unspecified atom stereocenters. The highest BCUT2D eigenvalue weighted by atomic mass is 16.6. The van der Waals surface area contributed by atoms with Crippen molar-refractivity contribution in [2.45, 2.75) is 58.5 Å². The highest BCUT2D eigenvalue weighted by Gasteiger charge is 2.22. The Morgan fingerprint density at radius 1 is 1.03 bits per heavy atom. The van der Waals surface area contributed by atoms with E-state index < -0.39 is 5.60 Å². The smallest absolute Gasteiger partial charge is 0.410 e. The zero-order valence-electron chi connectivity index (χ0n) is 20.3. The van der Waals surface area contributed by atoms with Crippen LogP contribution in [-0.2, 0) is 16.0 Å². The molecule has 3 rings (SSSR count). The highest BCUT2D eigenvalue weighted by Crippen LogP contribution is 2.29. The minimum Gasteiger partial charge on any atom is -0.482 e. The Kier molecular flexibility index (Phi) is 8.68. The van der Waals surface area contributed by atoms with Gasteiger partial charge in [-0.1, -0.05) is 36.8 Å². The molecule has 0 aliphatic carbocycles. The predicted octanol–water partition coefficient (Wildman–Crippen LogP) is 5.24. The van der Waals surface area contributed by atoms with Crippen molar-refractivity contribution < 1.29 is 23.9 Å². The number of nitrogens with one attached hydrogen (secondary N) is 1. The number of fused-ring (bicyclic) bond motifs is 1. The highest BCUT2D eigenvalue weighted by molar-refractivity contribution is 6.00. The molecule has 182 valence electrons. The summed E-state index contributed by atoms with van der Waals surface area (Å²) in [5.41, 5.74) is 1.72. The number of rotatable bonds is 10. The Morgan fingerprint density at radius 2 is 1.79 bits per heavy atom. The van der Waals surface area contributed by atoms with Crippen LogP contribution in [0.2, 0.25) is 0 Å². The molecule has 0 atom stereocenters. The van der Waals surface area contributed by atoms with Crippen LogP contribution in [0, 0.1) is 0 Å². The van der Waals surface area contributed by atoms with Crippen LogP contribution in [0.3, 0.4) is 0 Å². The minimum absolute atomic E-state index is 0.00798. The van der Waals surface area contributed by atoms with Gasteiger partial charge in [0, 0.05) is 25.1 Å². The van der Waals surface area contributed by atoms with Crippen LogP contribution in [0.4, 0.5) is 10.5 Å². The quantitative estimate of drug-likeness (QED) is 0.382. The van der Waals surface area contributed by atoms with Crippen molar-refractivity contribution in [1.82, 2.24) is 4.90 Å². The molecule has 1 heterocycles. The summed E-state index contributed by atoms with van der Waals surface area (Å²) >= 11 is 0. The van der Waals surface area contributed by atoms with Crippen LogP contribution in [-0.4, -0.2) is 48.0 Å². The second kappa shape index (κ2) is 11.7. The van der Waals surface area contributed by atoms with E-state index in [4.69, 9.17) is 9.47 Å². The number of ether oxygens (including phenoxy) is 2. The van der Waals surface area contributed by atoms with Gasteiger partial charge in [0.15, 0.2) is 12.4 Å². The summed E-state index contributed by atoms with van der Waals surface area (Å²) in [6, 6.07) is 15.2. The van der Waals surface area contributed by atoms with Gasteiger partial charge in [0.1, 0.15) is 11.4 Å². The zero-order chi connectivity index (χ0) is 24.6. The van der Waals surface area contributed by atoms with E-state index in [1.54, 1.807) is 23.1 Å². The lowest BCUT2D eigenvalue weighted by atomic mass is 10.0. The second-order valence-corrected chi connectivity index (χ2v) is 9.48. The van der Waals surface area contributed by atoms with Gasteiger partial charge in [-0.15, -0.1) is 0 Å². The van der Waals surface area contributed by atoms with E-state index in [1.807, 2.05) is 39.0 Å². The molecule has 2 amide bonds. The molecule has 1 aliphatic heterocycles. The molecule has 0 aromatic heterocycles. The first-order valence-electron chi connectivity index (χ1n) is 11.8. The van der Waals surface area contributed by atoms with Crippen LogP contribution < -0.4 is 10.1 Å². The predicted molar refractivity (Wildman–Crippen MR) is 131 cm³/mol. The monoisotopic (exact) mass is 466 g/mol. The van der Waals surface area contributed by atoms with Crippen molar-refractivity contribution in [3.63, 3.8) is 0 Å². The van der Waals surface area contributed by atoms with Gasteiger partial charge < -0.3 is 19.7 Å². The Morgan fingerprint density at radius 3 is 2.53 bits per heavy atom. The van der Waals surface area contributed by atoms with Gasteiger partial charge in [0.05, 0.1) is 5.69 Å². The Bertz CT molecular complexity index is 998. The van der Waals surface area contributed by atoms with Crippen LogP contribution in [0.1, 0.15) is 62.4 Å². The van der Waals surface area contributed by atoms with Crippen LogP contribution >= 0.6 is 0 Å². The first kappa shape index (κ1) is 25.3. The topological polar surface area (TPSA) is 84.9 Å². The maximum atomic E-state index is 12.7. The zero-order valence-corrected chi connectivity index (χ0v) is 20.3. The molecule has 34 heavy (non-hydrogen) atoms. The standard InChI is InChI=1S/C27H34N2O5/c1-27(2,3)34-26(32)29(17-15-20-10-6-4-7-11-20)16-9-5-8-12-23(30)21-13-14-24-22(18-21)28-25(31)19-33-24/h4,6-7,10-11,13-14,18H,5,8-9,12,15-17,19H2,1-3H3,(H,28,31). The van der Waals surface area contributed by atoms with Crippen LogP contribution in [0.5, 0.6) is 5.75 Å². The van der Waals surface area contributed by atoms with Crippen molar-refractivity contribution in [2.75, 3.05) is 25.0 Å². The molecule has 0 saturated carbocycles. The third kappa shape index (κ3) is 7.90. The molecular weight excluding hydrogens is 432 g/mol. The van der Waals surface area contributed by atoms with E-state index in [-0.39, 0.29) is 24.4 Å². The molecule has 0 spiro atoms. The Labute approximate surface area is 201 Å². The van der Waals surface area contributed by atoms with Crippen molar-refractivity contribution in [3.05, 3.63) is 59.7 Å². The average Bonchev–Trinajstić information content (AvgIpc) is 2.79. The third-order valence-electron chi connectivity index (χ3n) is 5.43. The summed E-state index contributed by atoms with van der Waals surface area (Å²) in [6.07, 6.45) is 3.19. The summed E-state index contributed by atoms with van der Waals surface area (Å²) in [5.74, 6) is 0.378. The van der Waals surface area contributed by atoms with Crippen molar-refractivity contribution in [3.8, 4) is 5.75 Å². The van der Waals surface area contributed by atoms with Gasteiger partial charge in [-0.2, -0.15) is 0 Å². The van der Waals surface area contributed by atoms with Crippen LogP contribution in [0.15, 0.2) is 48.5 Å². The second-order valence-electron chi connectivity index (χ2n) is 9.48. The number of benzene rings is 2. The number of nitrogens with zero attached hydrogens (tertiary/aromatic N) is 1. The summed E-state index contributed by atoms with van der Waals surface area (Å²) in [6.45, 7) is 6.75. The number of amides is 2. The fourth-order valence-corrected chi connectivity index (χ4v) is 3.70. The molecule has 0 saturated heterocycles. The van der Waals surface area contributed by atoms with Crippen molar-refractivity contribution >= 4 is 23.5 Å². The summed E-state index contributed by atoms with van der Waals surface area (Å²) < 4.78 is 10.9. The van der Waals surface area contributed by atoms with Crippen LogP contribution in [0.25, 0.3) is 0 Å². The molecule has 0 fully saturated rings. The molecule has 1 N–H and O–H groups in total. The normalized spacial score (nSPS) is 12.9. The minimum atomic E-state index is -0.548. The fraction of sp³-hybridized carbons (Fsp3) is 0.444. The number of carbonyl (C=O) groups excluding carboxylic acids is 3. The Hall–Kier alpha value is -3.35. The van der Waals surface area contributed by atoms with Gasteiger partial charge in [0.2, 0.25) is 0 Å². The van der Waals surface area contributed by atoms with E-state index in [0.717, 1.165) is 25.7 Å². The van der Waals surface area contributed by atoms with Gasteiger partial charge in [0.25, 0.3) is 5.91 Å². The number of hydrogen-bond donors (Lipinski definition) is 1. The van der Waals surface area contributed by atoms with E-state index in [2.05, 4.69) is 17.4 Å². The maximum absolute atomic E-state index is 12.7. The summed E-state index contributed by atoms with van der Waals surface area (Å²) in [5, 5.41) is 2.73. The SMILES string of the molecule is CC(C)(C)OC(=O)N(CCCCCC(=O)c1ccc2c(c1)NC(=O)CO2)CCc1ccccc1. The number of anilines is 1. The first-order valence-corrected chi connectivity index (χ1v) is 11.8. The van der Waals surface area contributed by atoms with E-state index in [1.165, 1.54) is 5.56 Å². The van der Waals surface area contributed by atoms with Gasteiger partial charge in [-0.3, -0.25) is 9.59 Å². The molecule has 1 aliphatic rings. The molecule has 0 radical (unpaired) electrons. The number of unbranched alkanes of at least 4 members (excludes halogenated alkanes) is 2. The largest absolute Gasteiger partial charge is 0.482 e. The lowest BCUT2D eigenvalue weighted by Crippen LogP contribution is -2.38. The average molecular weight is 467 g/mol. The maximum Gasteiger partial charge on any atom is 0.410 e. The van der Waals surface area contributed by atoms with E-state index >= 15 is 0 Å². The lowest BCUT2D eigenvalue weighted by molar-refractivity contribution is -0.118. The molecule has 2 aromatic rings. The van der Waals surface area contributed by atoms with E-state index in [9.17, 15) is 14.4 Å².